The molecule has 4 aliphatic rings. The van der Waals surface area contributed by atoms with Crippen LogP contribution in [-0.2, 0) is 19.1 Å². The van der Waals surface area contributed by atoms with Gasteiger partial charge in [0.25, 0.3) is 0 Å². The van der Waals surface area contributed by atoms with Crippen LogP contribution in [0.2, 0.25) is 0 Å². The van der Waals surface area contributed by atoms with E-state index in [0.717, 1.165) is 0 Å². The van der Waals surface area contributed by atoms with Crippen LogP contribution in [0.5, 0.6) is 0 Å². The maximum atomic E-state index is 13.6. The molecule has 7 nitrogen and oxygen atoms in total. The highest BCUT2D eigenvalue weighted by Crippen LogP contribution is 2.64. The van der Waals surface area contributed by atoms with Gasteiger partial charge in [-0.3, -0.25) is 14.4 Å². The van der Waals surface area contributed by atoms with E-state index in [1.165, 1.54) is 6.26 Å². The van der Waals surface area contributed by atoms with E-state index >= 15 is 0 Å². The summed E-state index contributed by atoms with van der Waals surface area (Å²) in [6, 6.07) is 2.44. The summed E-state index contributed by atoms with van der Waals surface area (Å²) in [7, 11) is 0. The molecule has 2 bridgehead atoms. The third kappa shape index (κ3) is 1.74. The second-order valence-corrected chi connectivity index (χ2v) is 8.18. The maximum Gasteiger partial charge on any atom is 0.313 e. The minimum absolute atomic E-state index is 0.0624. The standard InChI is InChI=1S/C20H21NO6/c1-3-10-12(22)9-11(13-5-4-8-26-13)21-16(10)20-7-6-14(27-20)19(2,18(24)25)15(20)17(21)23/h4-8,10-11,14-16H,3,9H2,1-2H3,(H,24,25)/t10-,11+,14+,15+,16-,19+,20-/m0/s1. The average Bonchev–Trinajstić information content (AvgIpc) is 3.38. The molecule has 0 saturated carbocycles. The van der Waals surface area contributed by atoms with Crippen molar-refractivity contribution < 1.29 is 28.6 Å². The second-order valence-electron chi connectivity index (χ2n) is 8.18. The molecular formula is C20H21NO6. The van der Waals surface area contributed by atoms with Crippen molar-refractivity contribution in [2.45, 2.75) is 50.5 Å². The molecule has 0 aromatic carbocycles. The molecule has 4 aliphatic heterocycles. The van der Waals surface area contributed by atoms with E-state index in [1.807, 2.05) is 13.0 Å². The zero-order valence-electron chi connectivity index (χ0n) is 15.1. The molecule has 1 aromatic heterocycles. The van der Waals surface area contributed by atoms with Gasteiger partial charge in [0, 0.05) is 12.3 Å². The van der Waals surface area contributed by atoms with E-state index in [2.05, 4.69) is 0 Å². The lowest BCUT2D eigenvalue weighted by Crippen LogP contribution is -2.56. The summed E-state index contributed by atoms with van der Waals surface area (Å²) in [5.74, 6) is -1.94. The summed E-state index contributed by atoms with van der Waals surface area (Å²) in [6.07, 6.45) is 5.17. The first-order chi connectivity index (χ1) is 12.9. The van der Waals surface area contributed by atoms with E-state index in [0.29, 0.717) is 12.2 Å². The number of Topliss-reactive ketones (excluding diaryl/α,β-unsaturated/α-hetero) is 1. The van der Waals surface area contributed by atoms with Crippen molar-refractivity contribution in [3.05, 3.63) is 36.3 Å². The van der Waals surface area contributed by atoms with Gasteiger partial charge in [0.2, 0.25) is 5.91 Å². The Labute approximate surface area is 156 Å². The van der Waals surface area contributed by atoms with Crippen LogP contribution in [0.3, 0.4) is 0 Å². The topological polar surface area (TPSA) is 97.0 Å². The van der Waals surface area contributed by atoms with Gasteiger partial charge in [0.15, 0.2) is 0 Å². The molecule has 1 amide bonds. The number of carboxylic acid groups (broad SMARTS) is 1. The minimum Gasteiger partial charge on any atom is -0.481 e. The number of piperidine rings is 1. The molecule has 1 aromatic rings. The molecule has 3 fully saturated rings. The largest absolute Gasteiger partial charge is 0.481 e. The summed E-state index contributed by atoms with van der Waals surface area (Å²) in [5.41, 5.74) is -2.42. The molecule has 1 N–H and O–H groups in total. The Morgan fingerprint density at radius 2 is 2.19 bits per heavy atom. The lowest BCUT2D eigenvalue weighted by atomic mass is 9.63. The number of ether oxygens (including phenoxy) is 1. The summed E-state index contributed by atoms with van der Waals surface area (Å²) in [4.78, 5) is 40.4. The Kier molecular flexibility index (Phi) is 3.16. The van der Waals surface area contributed by atoms with Crippen molar-refractivity contribution in [2.75, 3.05) is 0 Å². The minimum atomic E-state index is -1.35. The number of ketones is 1. The number of aliphatic carboxylic acids is 1. The van der Waals surface area contributed by atoms with Gasteiger partial charge in [-0.25, -0.2) is 0 Å². The normalized spacial score (nSPS) is 44.7. The first kappa shape index (κ1) is 16.7. The summed E-state index contributed by atoms with van der Waals surface area (Å²) in [6.45, 7) is 3.50. The molecule has 27 heavy (non-hydrogen) atoms. The lowest BCUT2D eigenvalue weighted by molar-refractivity contribution is -0.159. The molecule has 1 spiro atoms. The zero-order valence-corrected chi connectivity index (χ0v) is 15.1. The van der Waals surface area contributed by atoms with E-state index < -0.39 is 41.1 Å². The van der Waals surface area contributed by atoms with Gasteiger partial charge in [0.1, 0.15) is 22.6 Å². The van der Waals surface area contributed by atoms with Crippen molar-refractivity contribution in [1.29, 1.82) is 0 Å². The Morgan fingerprint density at radius 1 is 1.41 bits per heavy atom. The fraction of sp³-hybridized carbons (Fsp3) is 0.550. The Bertz CT molecular complexity index is 875. The predicted octanol–water partition coefficient (Wildman–Crippen LogP) is 1.95. The number of carboxylic acids is 1. The number of carbonyl (C=O) groups is 3. The quantitative estimate of drug-likeness (QED) is 0.816. The molecular weight excluding hydrogens is 350 g/mol. The van der Waals surface area contributed by atoms with Crippen molar-refractivity contribution in [2.24, 2.45) is 17.3 Å². The van der Waals surface area contributed by atoms with Crippen molar-refractivity contribution in [1.82, 2.24) is 4.90 Å². The molecule has 3 saturated heterocycles. The molecule has 7 heteroatoms. The number of carbonyl (C=O) groups excluding carboxylic acids is 2. The van der Waals surface area contributed by atoms with Gasteiger partial charge in [-0.15, -0.1) is 0 Å². The Balaban J connectivity index is 1.70. The number of fused-ring (bicyclic) bond motifs is 2. The number of furan rings is 1. The van der Waals surface area contributed by atoms with Gasteiger partial charge in [-0.2, -0.15) is 0 Å². The molecule has 5 rings (SSSR count). The number of nitrogens with zero attached hydrogens (tertiary/aromatic N) is 1. The SMILES string of the molecule is CC[C@H]1C(=O)C[C@H](c2ccco2)N2C(=O)[C@H]3[C@@]4(C=C[C@@H](O4)[C@@]3(C)C(=O)O)[C@H]12. The maximum absolute atomic E-state index is 13.6. The van der Waals surface area contributed by atoms with Crippen LogP contribution in [-0.4, -0.2) is 45.4 Å². The van der Waals surface area contributed by atoms with Crippen LogP contribution in [0, 0.1) is 17.3 Å². The monoisotopic (exact) mass is 371 g/mol. The highest BCUT2D eigenvalue weighted by atomic mass is 16.5. The highest BCUT2D eigenvalue weighted by molar-refractivity contribution is 5.96. The Hall–Kier alpha value is -2.41. The summed E-state index contributed by atoms with van der Waals surface area (Å²) >= 11 is 0. The predicted molar refractivity (Wildman–Crippen MR) is 91.5 cm³/mol. The smallest absolute Gasteiger partial charge is 0.313 e. The zero-order chi connectivity index (χ0) is 19.1. The average molecular weight is 371 g/mol. The summed E-state index contributed by atoms with van der Waals surface area (Å²) < 4.78 is 11.7. The second kappa shape index (κ2) is 5.10. The fourth-order valence-corrected chi connectivity index (χ4v) is 5.83. The first-order valence-corrected chi connectivity index (χ1v) is 9.35. The fourth-order valence-electron chi connectivity index (χ4n) is 5.83. The van der Waals surface area contributed by atoms with Crippen molar-refractivity contribution in [3.63, 3.8) is 0 Å². The van der Waals surface area contributed by atoms with Gasteiger partial charge >= 0.3 is 5.97 Å². The van der Waals surface area contributed by atoms with Crippen LogP contribution in [0.1, 0.15) is 38.5 Å². The molecule has 0 radical (unpaired) electrons. The molecule has 0 unspecified atom stereocenters. The molecule has 0 aliphatic carbocycles. The molecule has 142 valence electrons. The molecule has 7 atom stereocenters. The van der Waals surface area contributed by atoms with Gasteiger partial charge in [-0.05, 0) is 25.5 Å². The number of rotatable bonds is 3. The van der Waals surface area contributed by atoms with Crippen LogP contribution in [0.25, 0.3) is 0 Å². The third-order valence-electron chi connectivity index (χ3n) is 7.07. The first-order valence-electron chi connectivity index (χ1n) is 9.35. The van der Waals surface area contributed by atoms with Crippen LogP contribution < -0.4 is 0 Å². The lowest BCUT2D eigenvalue weighted by Gasteiger charge is -2.44. The van der Waals surface area contributed by atoms with E-state index in [-0.39, 0.29) is 24.0 Å². The van der Waals surface area contributed by atoms with Gasteiger partial charge in [0.05, 0.1) is 30.4 Å². The van der Waals surface area contributed by atoms with E-state index in [4.69, 9.17) is 9.15 Å². The van der Waals surface area contributed by atoms with Gasteiger partial charge in [-0.1, -0.05) is 19.1 Å². The van der Waals surface area contributed by atoms with Crippen molar-refractivity contribution >= 4 is 17.7 Å². The molecule has 5 heterocycles. The summed E-state index contributed by atoms with van der Waals surface area (Å²) in [5, 5.41) is 9.94. The van der Waals surface area contributed by atoms with Gasteiger partial charge < -0.3 is 19.2 Å². The number of hydrogen-bond acceptors (Lipinski definition) is 5. The van der Waals surface area contributed by atoms with Crippen LogP contribution in [0.4, 0.5) is 0 Å². The third-order valence-corrected chi connectivity index (χ3v) is 7.07. The number of amides is 1. The van der Waals surface area contributed by atoms with Crippen LogP contribution in [0.15, 0.2) is 35.0 Å². The van der Waals surface area contributed by atoms with Crippen LogP contribution >= 0.6 is 0 Å². The van der Waals surface area contributed by atoms with E-state index in [1.54, 1.807) is 30.0 Å². The number of hydrogen-bond donors (Lipinski definition) is 1. The Morgan fingerprint density at radius 3 is 2.81 bits per heavy atom. The van der Waals surface area contributed by atoms with E-state index in [9.17, 15) is 19.5 Å². The highest BCUT2D eigenvalue weighted by Gasteiger charge is 2.78. The van der Waals surface area contributed by atoms with Crippen molar-refractivity contribution in [3.8, 4) is 0 Å².